The zero-order valence-electron chi connectivity index (χ0n) is 13.9. The third kappa shape index (κ3) is 69.5. The summed E-state index contributed by atoms with van der Waals surface area (Å²) >= 11 is 0. The van der Waals surface area contributed by atoms with E-state index in [9.17, 15) is 38.4 Å². The molecule has 20 heteroatoms. The van der Waals surface area contributed by atoms with Gasteiger partial charge in [0.05, 0.1) is 0 Å². The van der Waals surface area contributed by atoms with Crippen LogP contribution in [-0.4, -0.2) is 48.2 Å². The summed E-state index contributed by atoms with van der Waals surface area (Å²) in [6.45, 7) is 0. The molecule has 0 aromatic rings. The van der Waals surface area contributed by atoms with Gasteiger partial charge in [0, 0.05) is 0 Å². The van der Waals surface area contributed by atoms with E-state index in [1.807, 2.05) is 0 Å². The maximum Gasteiger partial charge on any atom is 0.320 e. The second kappa shape index (κ2) is 18.3. The fraction of sp³-hybridized carbons (Fsp3) is 0. The van der Waals surface area contributed by atoms with E-state index in [0.717, 1.165) is 0 Å². The van der Waals surface area contributed by atoms with Gasteiger partial charge in [-0.25, -0.2) is 38.4 Å². The number of primary amides is 8. The quantitative estimate of drug-likeness (QED) is 0.182. The lowest BCUT2D eigenvalue weighted by atomic mass is 10.9. The van der Waals surface area contributed by atoms with Crippen LogP contribution in [0.4, 0.5) is 38.4 Å². The van der Waals surface area contributed by atoms with Crippen LogP contribution in [0.5, 0.6) is 0 Å². The minimum absolute atomic E-state index is 0.937. The molecule has 20 nitrogen and oxygen atoms in total. The molecule has 0 aliphatic rings. The Morgan fingerprint density at radius 1 is 0.286 bits per heavy atom. The Morgan fingerprint density at radius 2 is 0.357 bits per heavy atom. The highest BCUT2D eigenvalue weighted by Gasteiger charge is 1.93. The SMILES string of the molecule is NC(=O)NC(N)=O.NC(=O)NC(N)=O.NC(=O)NC(N)=O.NC(=O)NC(N)=O. The molecule has 0 radical (unpaired) electrons. The van der Waals surface area contributed by atoms with E-state index in [1.165, 1.54) is 0 Å². The number of urea groups is 8. The summed E-state index contributed by atoms with van der Waals surface area (Å²) in [6.07, 6.45) is 0. The molecule has 0 saturated carbocycles. The molecule has 0 aliphatic carbocycles. The number of nitrogens with two attached hydrogens (primary N) is 8. The normalized spacial score (nSPS) is 7.43. The van der Waals surface area contributed by atoms with Gasteiger partial charge in [0.1, 0.15) is 0 Å². The maximum atomic E-state index is 9.62. The summed E-state index contributed by atoms with van der Waals surface area (Å²) in [6, 6.07) is -7.50. The Kier molecular flexibility index (Phi) is 20.1. The van der Waals surface area contributed by atoms with Gasteiger partial charge >= 0.3 is 48.2 Å². The summed E-state index contributed by atoms with van der Waals surface area (Å²) in [7, 11) is 0. The Morgan fingerprint density at radius 3 is 0.357 bits per heavy atom. The van der Waals surface area contributed by atoms with Gasteiger partial charge in [0.15, 0.2) is 0 Å². The Bertz CT molecular complexity index is 452. The summed E-state index contributed by atoms with van der Waals surface area (Å²) in [5.74, 6) is 0. The van der Waals surface area contributed by atoms with Crippen LogP contribution in [0.15, 0.2) is 0 Å². The predicted molar refractivity (Wildman–Crippen MR) is 89.2 cm³/mol. The molecule has 0 fully saturated rings. The number of hydrogen-bond acceptors (Lipinski definition) is 8. The average Bonchev–Trinajstić information content (AvgIpc) is 2.32. The van der Waals surface area contributed by atoms with Crippen LogP contribution in [0.1, 0.15) is 0 Å². The van der Waals surface area contributed by atoms with E-state index >= 15 is 0 Å². The monoisotopic (exact) mass is 412 g/mol. The highest BCUT2D eigenvalue weighted by atomic mass is 16.2. The number of imide groups is 4. The molecule has 0 unspecified atom stereocenters. The topological polar surface area (TPSA) is 393 Å². The van der Waals surface area contributed by atoms with E-state index in [-0.39, 0.29) is 0 Å². The lowest BCUT2D eigenvalue weighted by Crippen LogP contribution is -2.38. The lowest BCUT2D eigenvalue weighted by molar-refractivity contribution is 0.235. The largest absolute Gasteiger partial charge is 0.351 e. The first kappa shape index (κ1) is 30.8. The summed E-state index contributed by atoms with van der Waals surface area (Å²) in [4.78, 5) is 77.0. The average molecular weight is 412 g/mol. The third-order valence-corrected chi connectivity index (χ3v) is 0.986. The maximum absolute atomic E-state index is 9.62. The van der Waals surface area contributed by atoms with Gasteiger partial charge in [-0.15, -0.1) is 0 Å². The Labute approximate surface area is 155 Å². The molecule has 0 aliphatic heterocycles. The third-order valence-electron chi connectivity index (χ3n) is 0.986. The zero-order chi connectivity index (χ0) is 23.4. The van der Waals surface area contributed by atoms with Gasteiger partial charge in [-0.2, -0.15) is 0 Å². The first-order valence-electron chi connectivity index (χ1n) is 5.94. The standard InChI is InChI=1S/4C2H5N3O2/c4*3-1(6)5-2(4)7/h4*(H5,3,4,5,6,7). The molecule has 0 spiro atoms. The van der Waals surface area contributed by atoms with Gasteiger partial charge in [-0.05, 0) is 0 Å². The van der Waals surface area contributed by atoms with Crippen LogP contribution in [0.3, 0.4) is 0 Å². The van der Waals surface area contributed by atoms with Crippen LogP contribution in [0, 0.1) is 0 Å². The van der Waals surface area contributed by atoms with Crippen LogP contribution >= 0.6 is 0 Å². The molecule has 28 heavy (non-hydrogen) atoms. The van der Waals surface area contributed by atoms with E-state index in [2.05, 4.69) is 45.9 Å². The smallest absolute Gasteiger partial charge is 0.320 e. The van der Waals surface area contributed by atoms with E-state index in [0.29, 0.717) is 0 Å². The number of amides is 16. The second-order valence-electron chi connectivity index (χ2n) is 3.41. The molecule has 0 atom stereocenters. The van der Waals surface area contributed by atoms with E-state index in [4.69, 9.17) is 0 Å². The van der Waals surface area contributed by atoms with Crippen molar-refractivity contribution in [2.45, 2.75) is 0 Å². The number of carbonyl (C=O) groups is 8. The molecule has 16 amide bonds. The van der Waals surface area contributed by atoms with E-state index < -0.39 is 48.2 Å². The van der Waals surface area contributed by atoms with E-state index in [1.54, 1.807) is 21.3 Å². The first-order valence-corrected chi connectivity index (χ1v) is 5.94. The second-order valence-corrected chi connectivity index (χ2v) is 3.41. The van der Waals surface area contributed by atoms with Crippen molar-refractivity contribution in [2.75, 3.05) is 0 Å². The summed E-state index contributed by atoms with van der Waals surface area (Å²) in [5, 5.41) is 6.33. The zero-order valence-corrected chi connectivity index (χ0v) is 13.9. The summed E-state index contributed by atoms with van der Waals surface area (Å²) < 4.78 is 0. The van der Waals surface area contributed by atoms with Gasteiger partial charge < -0.3 is 45.9 Å². The van der Waals surface area contributed by atoms with Crippen molar-refractivity contribution >= 4 is 48.2 Å². The van der Waals surface area contributed by atoms with Crippen molar-refractivity contribution < 1.29 is 38.4 Å². The molecule has 0 saturated heterocycles. The molecule has 0 aromatic carbocycles. The van der Waals surface area contributed by atoms with Crippen molar-refractivity contribution in [3.05, 3.63) is 0 Å². The number of hydrogen-bond donors (Lipinski definition) is 12. The van der Waals surface area contributed by atoms with Crippen molar-refractivity contribution in [1.82, 2.24) is 21.3 Å². The molecule has 0 aromatic heterocycles. The molecule has 160 valence electrons. The van der Waals surface area contributed by atoms with Gasteiger partial charge in [-0.3, -0.25) is 21.3 Å². The van der Waals surface area contributed by atoms with Crippen molar-refractivity contribution in [3.8, 4) is 0 Å². The molecule has 0 rings (SSSR count). The van der Waals surface area contributed by atoms with Crippen molar-refractivity contribution in [1.29, 1.82) is 0 Å². The van der Waals surface area contributed by atoms with Gasteiger partial charge in [-0.1, -0.05) is 0 Å². The number of rotatable bonds is 0. The minimum Gasteiger partial charge on any atom is -0.351 e. The molecule has 20 N–H and O–H groups in total. The van der Waals surface area contributed by atoms with Crippen molar-refractivity contribution in [2.24, 2.45) is 45.9 Å². The van der Waals surface area contributed by atoms with Crippen LogP contribution in [0.2, 0.25) is 0 Å². The van der Waals surface area contributed by atoms with Crippen LogP contribution in [0.25, 0.3) is 0 Å². The highest BCUT2D eigenvalue weighted by Crippen LogP contribution is 1.53. The lowest BCUT2D eigenvalue weighted by Gasteiger charge is -1.88. The fourth-order valence-electron chi connectivity index (χ4n) is 0.486. The van der Waals surface area contributed by atoms with Gasteiger partial charge in [0.25, 0.3) is 0 Å². The first-order chi connectivity index (χ1) is 12.5. The predicted octanol–water partition coefficient (Wildman–Crippen LogP) is -5.07. The Hall–Kier alpha value is -5.04. The molecular weight excluding hydrogens is 392 g/mol. The highest BCUT2D eigenvalue weighted by molar-refractivity contribution is 5.92. The Balaban J connectivity index is -0.000000137. The molecule has 0 bridgehead atoms. The number of carbonyl (C=O) groups excluding carboxylic acids is 8. The molecular formula is C8H20N12O8. The van der Waals surface area contributed by atoms with Crippen LogP contribution < -0.4 is 67.1 Å². The minimum atomic E-state index is -0.938. The van der Waals surface area contributed by atoms with Crippen LogP contribution in [-0.2, 0) is 0 Å². The van der Waals surface area contributed by atoms with Gasteiger partial charge in [0.2, 0.25) is 0 Å². The summed E-state index contributed by atoms with van der Waals surface area (Å²) in [5.41, 5.74) is 35.5. The van der Waals surface area contributed by atoms with Crippen molar-refractivity contribution in [3.63, 3.8) is 0 Å². The molecule has 0 heterocycles. The number of nitrogens with one attached hydrogen (secondary N) is 4. The fourth-order valence-corrected chi connectivity index (χ4v) is 0.486.